The van der Waals surface area contributed by atoms with E-state index in [-0.39, 0.29) is 23.3 Å². The highest BCUT2D eigenvalue weighted by atomic mass is 32.1. The van der Waals surface area contributed by atoms with E-state index in [1.54, 1.807) is 48.5 Å². The molecule has 8 nitrogen and oxygen atoms in total. The molecule has 9 heteroatoms. The van der Waals surface area contributed by atoms with Gasteiger partial charge in [-0.05, 0) is 29.6 Å². The average Bonchev–Trinajstić information content (AvgIpc) is 3.41. The second kappa shape index (κ2) is 7.41. The molecule has 0 fully saturated rings. The van der Waals surface area contributed by atoms with Crippen molar-refractivity contribution in [2.75, 3.05) is 5.32 Å². The van der Waals surface area contributed by atoms with Crippen LogP contribution >= 0.6 is 11.3 Å². The fourth-order valence-electron chi connectivity index (χ4n) is 2.58. The third-order valence-electron chi connectivity index (χ3n) is 3.89. The van der Waals surface area contributed by atoms with Crippen molar-refractivity contribution in [3.63, 3.8) is 0 Å². The molecule has 138 valence electrons. The average molecular weight is 392 g/mol. The summed E-state index contributed by atoms with van der Waals surface area (Å²) in [5.74, 6) is 0.187. The first-order valence-electron chi connectivity index (χ1n) is 8.14. The Hall–Kier alpha value is -3.85. The summed E-state index contributed by atoms with van der Waals surface area (Å²) < 4.78 is 5.28. The number of para-hydroxylation sites is 1. The lowest BCUT2D eigenvalue weighted by Crippen LogP contribution is -2.11. The zero-order valence-corrected chi connectivity index (χ0v) is 15.1. The molecule has 0 aliphatic heterocycles. The third-order valence-corrected chi connectivity index (χ3v) is 4.76. The van der Waals surface area contributed by atoms with Gasteiger partial charge in [-0.3, -0.25) is 14.9 Å². The molecular formula is C19H12N4O4S. The lowest BCUT2D eigenvalue weighted by Gasteiger charge is -2.07. The standard InChI is InChI=1S/C19H12N4O4S/c24-18(16-9-4-10-28-16)20-15-8-2-1-7-14(15)17-21-19(27-22-17)12-5-3-6-13(11-12)23(25)26/h1-11H,(H,20,24). The number of nitro benzene ring substituents is 1. The summed E-state index contributed by atoms with van der Waals surface area (Å²) in [6.45, 7) is 0. The summed E-state index contributed by atoms with van der Waals surface area (Å²) in [4.78, 5) is 27.7. The van der Waals surface area contributed by atoms with Gasteiger partial charge in [0.15, 0.2) is 0 Å². The Labute approximate surface area is 162 Å². The minimum atomic E-state index is -0.490. The summed E-state index contributed by atoms with van der Waals surface area (Å²) in [6, 6.07) is 16.6. The van der Waals surface area contributed by atoms with Crippen molar-refractivity contribution in [2.24, 2.45) is 0 Å². The van der Waals surface area contributed by atoms with Gasteiger partial charge < -0.3 is 9.84 Å². The van der Waals surface area contributed by atoms with E-state index < -0.39 is 4.92 Å². The number of nitrogens with zero attached hydrogens (tertiary/aromatic N) is 3. The predicted octanol–water partition coefficient (Wildman–Crippen LogP) is 4.63. The van der Waals surface area contributed by atoms with Gasteiger partial charge in [0, 0.05) is 23.3 Å². The number of nitrogens with one attached hydrogen (secondary N) is 1. The van der Waals surface area contributed by atoms with Crippen molar-refractivity contribution in [3.05, 3.63) is 81.0 Å². The van der Waals surface area contributed by atoms with Crippen molar-refractivity contribution in [3.8, 4) is 22.8 Å². The van der Waals surface area contributed by atoms with Crippen molar-refractivity contribution < 1.29 is 14.2 Å². The quantitative estimate of drug-likeness (QED) is 0.392. The van der Waals surface area contributed by atoms with Crippen LogP contribution in [0, 0.1) is 10.1 Å². The van der Waals surface area contributed by atoms with Crippen molar-refractivity contribution >= 4 is 28.6 Å². The fraction of sp³-hybridized carbons (Fsp3) is 0. The van der Waals surface area contributed by atoms with Crippen LogP contribution in [0.3, 0.4) is 0 Å². The molecule has 0 saturated carbocycles. The number of amides is 1. The maximum absolute atomic E-state index is 12.4. The number of aromatic nitrogens is 2. The number of thiophene rings is 1. The molecule has 0 aliphatic rings. The molecule has 2 heterocycles. The van der Waals surface area contributed by atoms with Gasteiger partial charge in [-0.15, -0.1) is 11.3 Å². The van der Waals surface area contributed by atoms with Crippen LogP contribution in [-0.4, -0.2) is 21.0 Å². The van der Waals surface area contributed by atoms with Crippen LogP contribution in [0.4, 0.5) is 11.4 Å². The van der Waals surface area contributed by atoms with Crippen LogP contribution in [-0.2, 0) is 0 Å². The highest BCUT2D eigenvalue weighted by molar-refractivity contribution is 7.12. The minimum Gasteiger partial charge on any atom is -0.334 e. The van der Waals surface area contributed by atoms with Crippen LogP contribution in [0.2, 0.25) is 0 Å². The van der Waals surface area contributed by atoms with E-state index in [2.05, 4.69) is 15.5 Å². The first-order chi connectivity index (χ1) is 13.6. The van der Waals surface area contributed by atoms with E-state index in [1.807, 2.05) is 5.38 Å². The number of hydrogen-bond donors (Lipinski definition) is 1. The first kappa shape index (κ1) is 17.6. The summed E-state index contributed by atoms with van der Waals surface area (Å²) in [7, 11) is 0. The number of carbonyl (C=O) groups is 1. The van der Waals surface area contributed by atoms with Crippen molar-refractivity contribution in [2.45, 2.75) is 0 Å². The predicted molar refractivity (Wildman–Crippen MR) is 104 cm³/mol. The molecule has 0 bridgehead atoms. The fourth-order valence-corrected chi connectivity index (χ4v) is 3.20. The van der Waals surface area contributed by atoms with Crippen LogP contribution in [0.25, 0.3) is 22.8 Å². The van der Waals surface area contributed by atoms with Crippen LogP contribution < -0.4 is 5.32 Å². The summed E-state index contributed by atoms with van der Waals surface area (Å²) in [6.07, 6.45) is 0. The van der Waals surface area contributed by atoms with Gasteiger partial charge in [0.1, 0.15) is 0 Å². The van der Waals surface area contributed by atoms with Crippen molar-refractivity contribution in [1.29, 1.82) is 0 Å². The van der Waals surface area contributed by atoms with Crippen molar-refractivity contribution in [1.82, 2.24) is 10.1 Å². The van der Waals surface area contributed by atoms with E-state index >= 15 is 0 Å². The molecular weight excluding hydrogens is 380 g/mol. The van der Waals surface area contributed by atoms with E-state index in [4.69, 9.17) is 4.52 Å². The van der Waals surface area contributed by atoms with Gasteiger partial charge in [0.2, 0.25) is 5.82 Å². The zero-order chi connectivity index (χ0) is 19.5. The topological polar surface area (TPSA) is 111 Å². The van der Waals surface area contributed by atoms with E-state index in [9.17, 15) is 14.9 Å². The number of hydrogen-bond acceptors (Lipinski definition) is 7. The number of benzene rings is 2. The first-order valence-corrected chi connectivity index (χ1v) is 9.02. The van der Waals surface area contributed by atoms with Crippen LogP contribution in [0.15, 0.2) is 70.6 Å². The summed E-state index contributed by atoms with van der Waals surface area (Å²) in [5.41, 5.74) is 1.48. The monoisotopic (exact) mass is 392 g/mol. The Balaban J connectivity index is 1.65. The maximum Gasteiger partial charge on any atom is 0.270 e. The Morgan fingerprint density at radius 1 is 1.11 bits per heavy atom. The molecule has 0 spiro atoms. The van der Waals surface area contributed by atoms with E-state index in [0.717, 1.165) is 0 Å². The molecule has 0 aliphatic carbocycles. The zero-order valence-electron chi connectivity index (χ0n) is 14.2. The number of anilines is 1. The largest absolute Gasteiger partial charge is 0.334 e. The molecule has 1 amide bonds. The van der Waals surface area contributed by atoms with Gasteiger partial charge in [-0.2, -0.15) is 4.98 Å². The Kier molecular flexibility index (Phi) is 4.65. The molecule has 28 heavy (non-hydrogen) atoms. The molecule has 0 saturated heterocycles. The number of non-ortho nitro benzene ring substituents is 1. The molecule has 0 atom stereocenters. The third kappa shape index (κ3) is 3.51. The molecule has 0 radical (unpaired) electrons. The van der Waals surface area contributed by atoms with Crippen LogP contribution in [0.5, 0.6) is 0 Å². The number of nitro groups is 1. The highest BCUT2D eigenvalue weighted by Gasteiger charge is 2.17. The molecule has 1 N–H and O–H groups in total. The molecule has 4 rings (SSSR count). The van der Waals surface area contributed by atoms with Gasteiger partial charge in [0.25, 0.3) is 17.5 Å². The second-order valence-corrected chi connectivity index (χ2v) is 6.66. The van der Waals surface area contributed by atoms with Gasteiger partial charge in [-0.25, -0.2) is 0 Å². The molecule has 0 unspecified atom stereocenters. The summed E-state index contributed by atoms with van der Waals surface area (Å²) >= 11 is 1.34. The molecule has 2 aromatic carbocycles. The Morgan fingerprint density at radius 2 is 1.96 bits per heavy atom. The molecule has 2 aromatic heterocycles. The van der Waals surface area contributed by atoms with E-state index in [0.29, 0.717) is 21.7 Å². The van der Waals surface area contributed by atoms with Gasteiger partial charge in [0.05, 0.1) is 15.5 Å². The number of rotatable bonds is 5. The van der Waals surface area contributed by atoms with Crippen LogP contribution in [0.1, 0.15) is 9.67 Å². The lowest BCUT2D eigenvalue weighted by molar-refractivity contribution is -0.384. The second-order valence-electron chi connectivity index (χ2n) is 5.71. The lowest BCUT2D eigenvalue weighted by atomic mass is 10.1. The Morgan fingerprint density at radius 3 is 2.75 bits per heavy atom. The summed E-state index contributed by atoms with van der Waals surface area (Å²) in [5, 5.41) is 19.6. The van der Waals surface area contributed by atoms with Gasteiger partial charge >= 0.3 is 0 Å². The Bertz CT molecular complexity index is 1150. The molecule has 4 aromatic rings. The highest BCUT2D eigenvalue weighted by Crippen LogP contribution is 2.29. The van der Waals surface area contributed by atoms with E-state index in [1.165, 1.54) is 23.5 Å². The number of carbonyl (C=O) groups excluding carboxylic acids is 1. The minimum absolute atomic E-state index is 0.0686. The maximum atomic E-state index is 12.4. The normalized spacial score (nSPS) is 10.6. The SMILES string of the molecule is O=C(Nc1ccccc1-c1noc(-c2cccc([N+](=O)[O-])c2)n1)c1cccs1. The smallest absolute Gasteiger partial charge is 0.270 e. The van der Waals surface area contributed by atoms with Gasteiger partial charge in [-0.1, -0.05) is 29.4 Å².